The highest BCUT2D eigenvalue weighted by atomic mass is 35.5. The molecule has 0 spiro atoms. The summed E-state index contributed by atoms with van der Waals surface area (Å²) in [7, 11) is 0. The van der Waals surface area contributed by atoms with Gasteiger partial charge in [0, 0.05) is 47.3 Å². The highest BCUT2D eigenvalue weighted by Crippen LogP contribution is 2.67. The van der Waals surface area contributed by atoms with Crippen molar-refractivity contribution in [3.05, 3.63) is 53.6 Å². The van der Waals surface area contributed by atoms with Gasteiger partial charge in [-0.25, -0.2) is 0 Å². The minimum Gasteiger partial charge on any atom is -0.480 e. The van der Waals surface area contributed by atoms with E-state index in [2.05, 4.69) is 11.8 Å². The highest BCUT2D eigenvalue weighted by Gasteiger charge is 2.67. The van der Waals surface area contributed by atoms with Gasteiger partial charge in [0.05, 0.1) is 6.10 Å². The third-order valence-corrected chi connectivity index (χ3v) is 11.4. The Balaban J connectivity index is 0.000000217. The maximum atomic E-state index is 12.4. The molecule has 11 heteroatoms. The van der Waals surface area contributed by atoms with E-state index >= 15 is 0 Å². The standard InChI is InChI=1S/C21H28O5.C13H18Cl2N2O2/c1-19-7-5-13(23)9-12(19)3-4-14-15-6-8-21(26,17(25)11-22)20(15,2)10-16(24)18(14)19;14-5-7-17(8-6-15)11-3-1-10(2-4-11)9-12(16)13(18)19/h5,7,9,14-16,18,22,24,26H,3-4,6,8,10-11H2,1-2H3;1-4,12H,5-9,16H2,(H,18,19)/t14-,15-,16-,18+,19-,20-,21-;12-/m00/s1. The minimum atomic E-state index is -1.56. The van der Waals surface area contributed by atoms with Crippen LogP contribution < -0.4 is 10.6 Å². The summed E-state index contributed by atoms with van der Waals surface area (Å²) < 4.78 is 0. The number of carboxylic acid groups (broad SMARTS) is 1. The molecular weight excluding hydrogens is 619 g/mol. The van der Waals surface area contributed by atoms with E-state index in [1.807, 2.05) is 37.3 Å². The quantitative estimate of drug-likeness (QED) is 0.236. The number of Topliss-reactive ketones (excluding diaryl/α,β-unsaturated/α-hetero) is 1. The molecule has 3 saturated carbocycles. The summed E-state index contributed by atoms with van der Waals surface area (Å²) in [5, 5.41) is 40.4. The summed E-state index contributed by atoms with van der Waals surface area (Å²) >= 11 is 11.5. The third-order valence-electron chi connectivity index (χ3n) is 11.0. The number of aliphatic hydroxyl groups is 3. The number of aliphatic carboxylic acids is 1. The Hall–Kier alpha value is -2.27. The Bertz CT molecular complexity index is 1310. The average molecular weight is 666 g/mol. The lowest BCUT2D eigenvalue weighted by Crippen LogP contribution is -2.61. The molecule has 0 bridgehead atoms. The van der Waals surface area contributed by atoms with Crippen molar-refractivity contribution in [2.24, 2.45) is 34.3 Å². The topological polar surface area (TPSA) is 161 Å². The van der Waals surface area contributed by atoms with Crippen molar-refractivity contribution in [2.45, 2.75) is 70.1 Å². The fourth-order valence-electron chi connectivity index (χ4n) is 8.68. The first-order valence-corrected chi connectivity index (χ1v) is 16.8. The number of hydrogen-bond donors (Lipinski definition) is 5. The number of halogens is 2. The van der Waals surface area contributed by atoms with E-state index in [-0.39, 0.29) is 29.0 Å². The fourth-order valence-corrected chi connectivity index (χ4v) is 9.09. The number of aliphatic hydroxyl groups excluding tert-OH is 2. The summed E-state index contributed by atoms with van der Waals surface area (Å²) in [6, 6.07) is 6.76. The number of hydrogen-bond acceptors (Lipinski definition) is 8. The summed E-state index contributed by atoms with van der Waals surface area (Å²) in [5.41, 5.74) is 5.88. The molecule has 8 atom stereocenters. The van der Waals surface area contributed by atoms with Gasteiger partial charge in [-0.1, -0.05) is 37.6 Å². The van der Waals surface area contributed by atoms with E-state index < -0.39 is 41.5 Å². The van der Waals surface area contributed by atoms with Crippen LogP contribution in [0.5, 0.6) is 0 Å². The van der Waals surface area contributed by atoms with Gasteiger partial charge in [-0.2, -0.15) is 0 Å². The third kappa shape index (κ3) is 6.76. The molecule has 0 saturated heterocycles. The first-order valence-electron chi connectivity index (χ1n) is 15.7. The number of nitrogens with zero attached hydrogens (tertiary/aromatic N) is 1. The Labute approximate surface area is 275 Å². The number of carbonyl (C=O) groups is 3. The van der Waals surface area contributed by atoms with E-state index in [4.69, 9.17) is 34.0 Å². The molecule has 0 aromatic heterocycles. The van der Waals surface area contributed by atoms with E-state index in [1.54, 1.807) is 12.2 Å². The molecule has 248 valence electrons. The van der Waals surface area contributed by atoms with Crippen LogP contribution in [0.2, 0.25) is 0 Å². The van der Waals surface area contributed by atoms with Gasteiger partial charge in [0.2, 0.25) is 0 Å². The van der Waals surface area contributed by atoms with Gasteiger partial charge < -0.3 is 31.1 Å². The Morgan fingerprint density at radius 1 is 1.11 bits per heavy atom. The Morgan fingerprint density at radius 2 is 1.76 bits per heavy atom. The fraction of sp³-hybridized carbons (Fsp3) is 0.618. The molecule has 1 aromatic rings. The van der Waals surface area contributed by atoms with Gasteiger partial charge in [-0.3, -0.25) is 14.4 Å². The van der Waals surface area contributed by atoms with Crippen LogP contribution in [0.4, 0.5) is 5.69 Å². The number of rotatable bonds is 10. The van der Waals surface area contributed by atoms with Gasteiger partial charge in [0.15, 0.2) is 11.6 Å². The predicted molar refractivity (Wildman–Crippen MR) is 174 cm³/mol. The van der Waals surface area contributed by atoms with Crippen LogP contribution in [0.15, 0.2) is 48.1 Å². The molecule has 0 heterocycles. The van der Waals surface area contributed by atoms with Gasteiger partial charge in [0.25, 0.3) is 0 Å². The zero-order valence-electron chi connectivity index (χ0n) is 26.0. The number of carboxylic acids is 1. The lowest BCUT2D eigenvalue weighted by molar-refractivity contribution is -0.178. The maximum Gasteiger partial charge on any atom is 0.320 e. The van der Waals surface area contributed by atoms with Crippen LogP contribution >= 0.6 is 23.2 Å². The number of anilines is 1. The summed E-state index contributed by atoms with van der Waals surface area (Å²) in [6.45, 7) is 4.79. The zero-order valence-corrected chi connectivity index (χ0v) is 27.5. The van der Waals surface area contributed by atoms with Crippen molar-refractivity contribution in [3.63, 3.8) is 0 Å². The van der Waals surface area contributed by atoms with Crippen LogP contribution in [0.3, 0.4) is 0 Å². The molecule has 9 nitrogen and oxygen atoms in total. The molecule has 3 fully saturated rings. The number of nitrogens with two attached hydrogens (primary N) is 1. The number of allylic oxidation sites excluding steroid dienone is 4. The monoisotopic (exact) mass is 664 g/mol. The molecular formula is C34H46Cl2N2O7. The second kappa shape index (κ2) is 14.2. The predicted octanol–water partition coefficient (Wildman–Crippen LogP) is 3.48. The van der Waals surface area contributed by atoms with E-state index in [0.29, 0.717) is 31.0 Å². The smallest absolute Gasteiger partial charge is 0.320 e. The van der Waals surface area contributed by atoms with Crippen molar-refractivity contribution in [2.75, 3.05) is 36.4 Å². The average Bonchev–Trinajstić information content (AvgIpc) is 3.28. The maximum absolute atomic E-state index is 12.4. The van der Waals surface area contributed by atoms with E-state index in [9.17, 15) is 29.7 Å². The van der Waals surface area contributed by atoms with Crippen molar-refractivity contribution >= 4 is 46.4 Å². The molecule has 0 aliphatic heterocycles. The second-order valence-electron chi connectivity index (χ2n) is 13.4. The van der Waals surface area contributed by atoms with Gasteiger partial charge in [-0.15, -0.1) is 23.2 Å². The van der Waals surface area contributed by atoms with Crippen molar-refractivity contribution in [1.82, 2.24) is 0 Å². The lowest BCUT2D eigenvalue weighted by atomic mass is 9.46. The first-order chi connectivity index (χ1) is 21.2. The molecule has 4 aliphatic carbocycles. The molecule has 1 aromatic carbocycles. The zero-order chi connectivity index (χ0) is 33.2. The van der Waals surface area contributed by atoms with Gasteiger partial charge in [-0.05, 0) is 80.2 Å². The Kier molecular flexibility index (Phi) is 11.3. The van der Waals surface area contributed by atoms with Crippen molar-refractivity contribution in [1.29, 1.82) is 0 Å². The summed E-state index contributed by atoms with van der Waals surface area (Å²) in [4.78, 5) is 36.9. The molecule has 6 N–H and O–H groups in total. The molecule has 0 radical (unpaired) electrons. The van der Waals surface area contributed by atoms with Crippen LogP contribution in [-0.4, -0.2) is 87.2 Å². The molecule has 5 rings (SSSR count). The first kappa shape index (κ1) is 35.6. The van der Waals surface area contributed by atoms with Crippen LogP contribution in [0.25, 0.3) is 0 Å². The van der Waals surface area contributed by atoms with Crippen LogP contribution in [-0.2, 0) is 20.8 Å². The minimum absolute atomic E-state index is 0.00912. The second-order valence-corrected chi connectivity index (χ2v) is 14.1. The van der Waals surface area contributed by atoms with Gasteiger partial charge >= 0.3 is 5.97 Å². The van der Waals surface area contributed by atoms with Crippen LogP contribution in [0.1, 0.15) is 51.5 Å². The number of benzene rings is 1. The SMILES string of the molecule is C[C@]12C=CC(=O)C=C1CC[C@@H]1[C@@H]2[C@@H](O)C[C@@]2(C)[C@H]1CC[C@]2(O)C(=O)CO.N[C@@H](Cc1ccc(N(CCCl)CCCl)cc1)C(=O)O. The Morgan fingerprint density at radius 3 is 2.33 bits per heavy atom. The number of carbonyl (C=O) groups excluding carboxylic acids is 2. The van der Waals surface area contributed by atoms with Crippen LogP contribution in [0, 0.1) is 28.6 Å². The largest absolute Gasteiger partial charge is 0.480 e. The van der Waals surface area contributed by atoms with E-state index in [1.165, 1.54) is 0 Å². The number of fused-ring (bicyclic) bond motifs is 5. The summed E-state index contributed by atoms with van der Waals surface area (Å²) in [6.07, 6.45) is 8.00. The van der Waals surface area contributed by atoms with E-state index in [0.717, 1.165) is 49.2 Å². The summed E-state index contributed by atoms with van der Waals surface area (Å²) in [5.74, 6) is -0.157. The molecule has 4 aliphatic rings. The number of ketones is 2. The molecule has 0 unspecified atom stereocenters. The van der Waals surface area contributed by atoms with Gasteiger partial charge in [0.1, 0.15) is 18.2 Å². The molecule has 45 heavy (non-hydrogen) atoms. The molecule has 0 amide bonds. The van der Waals surface area contributed by atoms with Crippen molar-refractivity contribution < 1.29 is 34.8 Å². The number of alkyl halides is 2. The lowest BCUT2D eigenvalue weighted by Gasteiger charge is -2.59. The normalized spacial score (nSPS) is 34.0. The van der Waals surface area contributed by atoms with Crippen molar-refractivity contribution in [3.8, 4) is 0 Å². The highest BCUT2D eigenvalue weighted by molar-refractivity contribution is 6.18.